The van der Waals surface area contributed by atoms with E-state index in [4.69, 9.17) is 0 Å². The minimum absolute atomic E-state index is 0.00565. The summed E-state index contributed by atoms with van der Waals surface area (Å²) in [6, 6.07) is 0. The molecule has 0 saturated carbocycles. The summed E-state index contributed by atoms with van der Waals surface area (Å²) in [6.07, 6.45) is 1.17. The Balaban J connectivity index is 2.13. The fourth-order valence-corrected chi connectivity index (χ4v) is 1.65. The van der Waals surface area contributed by atoms with E-state index >= 15 is 0 Å². The van der Waals surface area contributed by atoms with Crippen LogP contribution in [0.4, 0.5) is 0 Å². The molecule has 2 saturated heterocycles. The van der Waals surface area contributed by atoms with Crippen LogP contribution < -0.4 is 10.6 Å². The average Bonchev–Trinajstić information content (AvgIpc) is 2.02. The van der Waals surface area contributed by atoms with E-state index in [0.717, 1.165) is 6.42 Å². The number of amides is 2. The van der Waals surface area contributed by atoms with Gasteiger partial charge in [0.25, 0.3) is 0 Å². The van der Waals surface area contributed by atoms with Gasteiger partial charge in [-0.25, -0.2) is 0 Å². The third-order valence-electron chi connectivity index (χ3n) is 2.49. The topological polar surface area (TPSA) is 58.2 Å². The van der Waals surface area contributed by atoms with Crippen LogP contribution in [0.1, 0.15) is 12.8 Å². The highest BCUT2D eigenvalue weighted by Crippen LogP contribution is 2.33. The van der Waals surface area contributed by atoms with Crippen molar-refractivity contribution >= 4 is 11.8 Å². The minimum Gasteiger partial charge on any atom is -0.356 e. The van der Waals surface area contributed by atoms with E-state index in [1.807, 2.05) is 0 Å². The van der Waals surface area contributed by atoms with Crippen molar-refractivity contribution in [3.63, 3.8) is 0 Å². The Kier molecular flexibility index (Phi) is 1.19. The Labute approximate surface area is 64.3 Å². The molecule has 0 bridgehead atoms. The van der Waals surface area contributed by atoms with Crippen LogP contribution in [-0.2, 0) is 9.59 Å². The van der Waals surface area contributed by atoms with E-state index in [2.05, 4.69) is 10.6 Å². The zero-order valence-corrected chi connectivity index (χ0v) is 6.14. The highest BCUT2D eigenvalue weighted by Gasteiger charge is 2.48. The van der Waals surface area contributed by atoms with Crippen LogP contribution in [0, 0.1) is 5.41 Å². The number of rotatable bonds is 0. The monoisotopic (exact) mass is 154 g/mol. The molecule has 0 aromatic rings. The van der Waals surface area contributed by atoms with E-state index in [9.17, 15) is 9.59 Å². The molecule has 1 atom stereocenters. The molecular formula is C7H10N2O2. The summed E-state index contributed by atoms with van der Waals surface area (Å²) >= 11 is 0. The molecule has 2 amide bonds. The second kappa shape index (κ2) is 1.96. The smallest absolute Gasteiger partial charge is 0.228 e. The van der Waals surface area contributed by atoms with E-state index in [-0.39, 0.29) is 17.2 Å². The predicted molar refractivity (Wildman–Crippen MR) is 37.7 cm³/mol. The molecule has 60 valence electrons. The lowest BCUT2D eigenvalue weighted by Crippen LogP contribution is -2.63. The van der Waals surface area contributed by atoms with Crippen molar-refractivity contribution < 1.29 is 9.59 Å². The molecule has 1 unspecified atom stereocenters. The summed E-state index contributed by atoms with van der Waals surface area (Å²) in [5.74, 6) is 0.0541. The Morgan fingerprint density at radius 2 is 2.09 bits per heavy atom. The summed E-state index contributed by atoms with van der Waals surface area (Å²) in [7, 11) is 0. The fourth-order valence-electron chi connectivity index (χ4n) is 1.65. The molecule has 0 aliphatic carbocycles. The van der Waals surface area contributed by atoms with Gasteiger partial charge in [0.1, 0.15) is 0 Å². The maximum Gasteiger partial charge on any atom is 0.228 e. The number of β-lactam (4-membered cyclic amide) rings is 1. The van der Waals surface area contributed by atoms with Gasteiger partial charge in [-0.1, -0.05) is 0 Å². The van der Waals surface area contributed by atoms with Crippen LogP contribution >= 0.6 is 0 Å². The van der Waals surface area contributed by atoms with E-state index < -0.39 is 0 Å². The number of hydrogen-bond donors (Lipinski definition) is 2. The van der Waals surface area contributed by atoms with Gasteiger partial charge in [0.2, 0.25) is 11.8 Å². The Morgan fingerprint density at radius 1 is 1.27 bits per heavy atom. The second-order valence-corrected chi connectivity index (χ2v) is 3.24. The first-order valence-electron chi connectivity index (χ1n) is 3.78. The summed E-state index contributed by atoms with van der Waals surface area (Å²) in [5, 5.41) is 5.38. The number of carbonyl (C=O) groups is 2. The molecule has 2 aliphatic rings. The molecule has 11 heavy (non-hydrogen) atoms. The average molecular weight is 154 g/mol. The van der Waals surface area contributed by atoms with Crippen LogP contribution in [0.2, 0.25) is 0 Å². The van der Waals surface area contributed by atoms with Gasteiger partial charge in [0.05, 0.1) is 5.41 Å². The van der Waals surface area contributed by atoms with Gasteiger partial charge >= 0.3 is 0 Å². The van der Waals surface area contributed by atoms with Crippen molar-refractivity contribution in [2.24, 2.45) is 5.41 Å². The van der Waals surface area contributed by atoms with E-state index in [1.54, 1.807) is 0 Å². The molecule has 4 nitrogen and oxygen atoms in total. The Morgan fingerprint density at radius 3 is 2.45 bits per heavy atom. The molecule has 1 spiro atoms. The zero-order chi connectivity index (χ0) is 7.90. The first-order valence-corrected chi connectivity index (χ1v) is 3.78. The van der Waals surface area contributed by atoms with Crippen LogP contribution in [-0.4, -0.2) is 24.9 Å². The quantitative estimate of drug-likeness (QED) is 0.440. The third-order valence-corrected chi connectivity index (χ3v) is 2.49. The molecule has 2 rings (SSSR count). The molecular weight excluding hydrogens is 144 g/mol. The number of nitrogens with one attached hydrogen (secondary N) is 2. The lowest BCUT2D eigenvalue weighted by Gasteiger charge is -2.42. The second-order valence-electron chi connectivity index (χ2n) is 3.24. The van der Waals surface area contributed by atoms with Gasteiger partial charge in [-0.2, -0.15) is 0 Å². The van der Waals surface area contributed by atoms with Crippen LogP contribution in [0.25, 0.3) is 0 Å². The summed E-state index contributed by atoms with van der Waals surface area (Å²) in [6.45, 7) is 1.32. The number of carbonyl (C=O) groups excluding carboxylic acids is 2. The molecule has 2 heterocycles. The Bertz CT molecular complexity index is 226. The lowest BCUT2D eigenvalue weighted by atomic mass is 9.73. The van der Waals surface area contributed by atoms with Crippen LogP contribution in [0.5, 0.6) is 0 Å². The maximum absolute atomic E-state index is 11.1. The van der Waals surface area contributed by atoms with Crippen LogP contribution in [0.15, 0.2) is 0 Å². The minimum atomic E-state index is -0.331. The zero-order valence-electron chi connectivity index (χ0n) is 6.14. The highest BCUT2D eigenvalue weighted by atomic mass is 16.2. The normalized spacial score (nSPS) is 36.0. The molecule has 2 aliphatic heterocycles. The van der Waals surface area contributed by atoms with Gasteiger partial charge < -0.3 is 10.6 Å². The predicted octanol–water partition coefficient (Wildman–Crippen LogP) is -0.987. The first kappa shape index (κ1) is 6.64. The molecule has 2 fully saturated rings. The largest absolute Gasteiger partial charge is 0.356 e. The SMILES string of the molecule is O=C1CC2(CCN1)CNC2=O. The van der Waals surface area contributed by atoms with Gasteiger partial charge in [-0.05, 0) is 6.42 Å². The molecule has 0 radical (unpaired) electrons. The molecule has 4 heteroatoms. The number of piperidine rings is 1. The van der Waals surface area contributed by atoms with Crippen LogP contribution in [0.3, 0.4) is 0 Å². The van der Waals surface area contributed by atoms with Crippen molar-refractivity contribution in [1.82, 2.24) is 10.6 Å². The summed E-state index contributed by atoms with van der Waals surface area (Å²) in [5.41, 5.74) is -0.331. The standard InChI is InChI=1S/C7H10N2O2/c10-5-3-7(1-2-8-5)4-9-6(7)11/h1-4H2,(H,8,10)(H,9,11). The van der Waals surface area contributed by atoms with Gasteiger partial charge in [-0.15, -0.1) is 0 Å². The van der Waals surface area contributed by atoms with Crippen molar-refractivity contribution in [3.05, 3.63) is 0 Å². The number of hydrogen-bond acceptors (Lipinski definition) is 2. The highest BCUT2D eigenvalue weighted by molar-refractivity contribution is 5.94. The molecule has 0 aromatic carbocycles. The summed E-state index contributed by atoms with van der Waals surface area (Å²) < 4.78 is 0. The molecule has 2 N–H and O–H groups in total. The van der Waals surface area contributed by atoms with E-state index in [0.29, 0.717) is 19.5 Å². The Hall–Kier alpha value is -1.06. The summed E-state index contributed by atoms with van der Waals surface area (Å²) in [4.78, 5) is 22.0. The van der Waals surface area contributed by atoms with Crippen molar-refractivity contribution in [2.45, 2.75) is 12.8 Å². The molecule has 0 aromatic heterocycles. The maximum atomic E-state index is 11.1. The van der Waals surface area contributed by atoms with Crippen molar-refractivity contribution in [2.75, 3.05) is 13.1 Å². The van der Waals surface area contributed by atoms with E-state index in [1.165, 1.54) is 0 Å². The van der Waals surface area contributed by atoms with Crippen molar-refractivity contribution in [1.29, 1.82) is 0 Å². The third kappa shape index (κ3) is 0.818. The van der Waals surface area contributed by atoms with Gasteiger partial charge in [0, 0.05) is 19.5 Å². The van der Waals surface area contributed by atoms with Crippen molar-refractivity contribution in [3.8, 4) is 0 Å². The van der Waals surface area contributed by atoms with Gasteiger partial charge in [-0.3, -0.25) is 9.59 Å². The first-order chi connectivity index (χ1) is 5.23. The fraction of sp³-hybridized carbons (Fsp3) is 0.714. The van der Waals surface area contributed by atoms with Gasteiger partial charge in [0.15, 0.2) is 0 Å². The lowest BCUT2D eigenvalue weighted by molar-refractivity contribution is -0.147.